The zero-order valence-corrected chi connectivity index (χ0v) is 19.9. The number of halogens is 1. The summed E-state index contributed by atoms with van der Waals surface area (Å²) in [4.78, 5) is 32.9. The number of hydrogen-bond acceptors (Lipinski definition) is 4. The first-order chi connectivity index (χ1) is 16.2. The average Bonchev–Trinajstić information content (AvgIpc) is 3.05. The third kappa shape index (κ3) is 5.29. The van der Waals surface area contributed by atoms with Gasteiger partial charge in [-0.15, -0.1) is 0 Å². The molecule has 3 aliphatic heterocycles. The van der Waals surface area contributed by atoms with Crippen LogP contribution in [0.1, 0.15) is 45.1 Å². The zero-order chi connectivity index (χ0) is 24.3. The Balaban J connectivity index is 1.49. The van der Waals surface area contributed by atoms with Gasteiger partial charge in [-0.3, -0.25) is 14.6 Å². The number of hydrogen-bond donors (Lipinski definition) is 1. The second kappa shape index (κ2) is 9.95. The molecule has 3 heterocycles. The van der Waals surface area contributed by atoms with E-state index >= 15 is 0 Å². The van der Waals surface area contributed by atoms with Gasteiger partial charge in [-0.2, -0.15) is 0 Å². The van der Waals surface area contributed by atoms with Gasteiger partial charge < -0.3 is 14.9 Å². The summed E-state index contributed by atoms with van der Waals surface area (Å²) in [6.07, 6.45) is 8.05. The summed E-state index contributed by atoms with van der Waals surface area (Å²) in [5, 5.41) is 9.30. The quantitative estimate of drug-likeness (QED) is 0.650. The fourth-order valence-corrected chi connectivity index (χ4v) is 4.86. The Morgan fingerprint density at radius 3 is 2.82 bits per heavy atom. The fraction of sp³-hybridized carbons (Fsp3) is 0.444. The Bertz CT molecular complexity index is 1100. The Hall–Kier alpha value is -3.22. The van der Waals surface area contributed by atoms with E-state index in [1.807, 2.05) is 23.3 Å². The van der Waals surface area contributed by atoms with Crippen LogP contribution in [-0.2, 0) is 16.1 Å². The first-order valence-electron chi connectivity index (χ1n) is 11.9. The highest BCUT2D eigenvalue weighted by molar-refractivity contribution is 5.78. The van der Waals surface area contributed by atoms with Crippen LogP contribution in [0.25, 0.3) is 0 Å². The Labute approximate surface area is 200 Å². The van der Waals surface area contributed by atoms with Crippen molar-refractivity contribution in [2.45, 2.75) is 46.1 Å². The van der Waals surface area contributed by atoms with Gasteiger partial charge in [-0.25, -0.2) is 4.39 Å². The summed E-state index contributed by atoms with van der Waals surface area (Å²) >= 11 is 0. The standard InChI is InChI=1S/C27H32FN3O3/c1-27(2,26(33)34)11-4-9-25(32)30-13-10-22-20(17-30)18-31(16-19-6-3-7-21(28)14-19)24-15-29-12-5-8-23(22)24/h3,5-8,12,14H,4,9-11,13,15-18H2,1-2H3,(H,33,34). The molecule has 0 radical (unpaired) electrons. The molecule has 1 N–H and O–H groups in total. The van der Waals surface area contributed by atoms with E-state index in [-0.39, 0.29) is 11.7 Å². The number of aliphatic carboxylic acids is 1. The summed E-state index contributed by atoms with van der Waals surface area (Å²) < 4.78 is 13.8. The highest BCUT2D eigenvalue weighted by Crippen LogP contribution is 2.36. The van der Waals surface area contributed by atoms with E-state index in [1.54, 1.807) is 26.0 Å². The lowest BCUT2D eigenvalue weighted by Crippen LogP contribution is -2.42. The van der Waals surface area contributed by atoms with Gasteiger partial charge in [0.25, 0.3) is 0 Å². The molecule has 0 fully saturated rings. The van der Waals surface area contributed by atoms with Gasteiger partial charge in [0.2, 0.25) is 5.91 Å². The van der Waals surface area contributed by atoms with Gasteiger partial charge in [-0.05, 0) is 73.6 Å². The lowest BCUT2D eigenvalue weighted by molar-refractivity contribution is -0.147. The maximum atomic E-state index is 13.8. The van der Waals surface area contributed by atoms with Gasteiger partial charge >= 0.3 is 5.97 Å². The van der Waals surface area contributed by atoms with Crippen molar-refractivity contribution < 1.29 is 19.1 Å². The third-order valence-corrected chi connectivity index (χ3v) is 6.92. The maximum absolute atomic E-state index is 13.8. The molecule has 1 amide bonds. The molecule has 0 atom stereocenters. The largest absolute Gasteiger partial charge is 0.481 e. The van der Waals surface area contributed by atoms with Crippen LogP contribution in [0.15, 0.2) is 63.8 Å². The minimum Gasteiger partial charge on any atom is -0.481 e. The van der Waals surface area contributed by atoms with Crippen molar-refractivity contribution in [3.63, 3.8) is 0 Å². The number of amides is 1. The lowest BCUT2D eigenvalue weighted by Gasteiger charge is -2.40. The van der Waals surface area contributed by atoms with Crippen molar-refractivity contribution in [1.29, 1.82) is 0 Å². The number of carbonyl (C=O) groups is 2. The SMILES string of the molecule is CC(C)(CCCC(=O)N1CCC2=C(C1)CN(Cc1cccc(F)c1)C1=C2C=CC=NC1)C(=O)O. The molecule has 34 heavy (non-hydrogen) atoms. The predicted molar refractivity (Wildman–Crippen MR) is 130 cm³/mol. The summed E-state index contributed by atoms with van der Waals surface area (Å²) in [6, 6.07) is 6.67. The number of rotatable bonds is 7. The molecule has 0 saturated heterocycles. The van der Waals surface area contributed by atoms with Gasteiger partial charge in [0.05, 0.1) is 12.0 Å². The zero-order valence-electron chi connectivity index (χ0n) is 19.9. The molecule has 0 saturated carbocycles. The van der Waals surface area contributed by atoms with Crippen molar-refractivity contribution >= 4 is 18.1 Å². The van der Waals surface area contributed by atoms with Crippen LogP contribution in [-0.4, -0.2) is 59.2 Å². The molecule has 0 bridgehead atoms. The van der Waals surface area contributed by atoms with E-state index in [2.05, 4.69) is 16.0 Å². The van der Waals surface area contributed by atoms with E-state index in [0.29, 0.717) is 52.0 Å². The van der Waals surface area contributed by atoms with E-state index in [4.69, 9.17) is 0 Å². The Kier molecular flexibility index (Phi) is 7.00. The van der Waals surface area contributed by atoms with Crippen molar-refractivity contribution in [2.24, 2.45) is 10.4 Å². The molecular formula is C27H32FN3O3. The molecule has 7 heteroatoms. The third-order valence-electron chi connectivity index (χ3n) is 6.92. The van der Waals surface area contributed by atoms with Crippen LogP contribution in [0, 0.1) is 11.2 Å². The maximum Gasteiger partial charge on any atom is 0.309 e. The Morgan fingerprint density at radius 2 is 2.06 bits per heavy atom. The van der Waals surface area contributed by atoms with Crippen molar-refractivity contribution in [3.05, 3.63) is 70.2 Å². The number of carboxylic acids is 1. The molecule has 0 aromatic heterocycles. The number of nitrogens with zero attached hydrogens (tertiary/aromatic N) is 3. The normalized spacial score (nSPS) is 18.1. The highest BCUT2D eigenvalue weighted by atomic mass is 19.1. The lowest BCUT2D eigenvalue weighted by atomic mass is 9.86. The fourth-order valence-electron chi connectivity index (χ4n) is 4.86. The predicted octanol–water partition coefficient (Wildman–Crippen LogP) is 4.35. The minimum absolute atomic E-state index is 0.0731. The smallest absolute Gasteiger partial charge is 0.309 e. The second-order valence-corrected chi connectivity index (χ2v) is 9.89. The van der Waals surface area contributed by atoms with Crippen LogP contribution in [0.5, 0.6) is 0 Å². The van der Waals surface area contributed by atoms with E-state index < -0.39 is 11.4 Å². The molecule has 3 aliphatic rings. The monoisotopic (exact) mass is 465 g/mol. The van der Waals surface area contributed by atoms with Gasteiger partial charge in [0.15, 0.2) is 0 Å². The molecule has 6 nitrogen and oxygen atoms in total. The number of aliphatic imine (C=N–C) groups is 1. The van der Waals surface area contributed by atoms with Crippen LogP contribution in [0.4, 0.5) is 4.39 Å². The first kappa shape index (κ1) is 23.9. The molecule has 1 aromatic carbocycles. The number of allylic oxidation sites excluding steroid dienone is 3. The first-order valence-corrected chi connectivity index (χ1v) is 11.9. The van der Waals surface area contributed by atoms with Crippen LogP contribution in [0.2, 0.25) is 0 Å². The van der Waals surface area contributed by atoms with E-state index in [9.17, 15) is 19.1 Å². The van der Waals surface area contributed by atoms with Gasteiger partial charge in [0.1, 0.15) is 5.82 Å². The Morgan fingerprint density at radius 1 is 1.24 bits per heavy atom. The summed E-state index contributed by atoms with van der Waals surface area (Å²) in [6.45, 7) is 6.47. The summed E-state index contributed by atoms with van der Waals surface area (Å²) in [5.74, 6) is -1.01. The number of carboxylic acid groups (broad SMARTS) is 1. The van der Waals surface area contributed by atoms with Crippen LogP contribution in [0.3, 0.4) is 0 Å². The molecule has 1 aromatic rings. The topological polar surface area (TPSA) is 73.2 Å². The summed E-state index contributed by atoms with van der Waals surface area (Å²) in [5.41, 5.74) is 4.90. The van der Waals surface area contributed by atoms with Crippen LogP contribution < -0.4 is 0 Å². The van der Waals surface area contributed by atoms with Gasteiger partial charge in [-0.1, -0.05) is 18.2 Å². The molecule has 0 aliphatic carbocycles. The summed E-state index contributed by atoms with van der Waals surface area (Å²) in [7, 11) is 0. The molecule has 4 rings (SSSR count). The van der Waals surface area contributed by atoms with Crippen molar-refractivity contribution in [3.8, 4) is 0 Å². The van der Waals surface area contributed by atoms with E-state index in [0.717, 1.165) is 17.7 Å². The number of fused-ring (bicyclic) bond motifs is 1. The molecular weight excluding hydrogens is 433 g/mol. The van der Waals surface area contributed by atoms with Gasteiger partial charge in [0, 0.05) is 44.5 Å². The molecule has 0 unspecified atom stereocenters. The van der Waals surface area contributed by atoms with Crippen molar-refractivity contribution in [2.75, 3.05) is 26.2 Å². The number of carbonyl (C=O) groups excluding carboxylic acids is 1. The van der Waals surface area contributed by atoms with E-state index in [1.165, 1.54) is 22.8 Å². The molecule has 0 spiro atoms. The molecule has 180 valence electrons. The second-order valence-electron chi connectivity index (χ2n) is 9.89. The number of benzene rings is 1. The minimum atomic E-state index is -0.835. The highest BCUT2D eigenvalue weighted by Gasteiger charge is 2.32. The average molecular weight is 466 g/mol. The van der Waals surface area contributed by atoms with Crippen molar-refractivity contribution in [1.82, 2.24) is 9.80 Å². The van der Waals surface area contributed by atoms with Crippen LogP contribution >= 0.6 is 0 Å².